The molecule has 0 fully saturated rings. The van der Waals surface area contributed by atoms with Gasteiger partial charge in [0.1, 0.15) is 5.82 Å². The monoisotopic (exact) mass is 399 g/mol. The molecule has 0 spiro atoms. The number of hydrogen-bond acceptors (Lipinski definition) is 2. The molecule has 0 bridgehead atoms. The van der Waals surface area contributed by atoms with Gasteiger partial charge in [0.25, 0.3) is 0 Å². The van der Waals surface area contributed by atoms with Gasteiger partial charge >= 0.3 is 0 Å². The molecule has 1 heterocycles. The van der Waals surface area contributed by atoms with Crippen LogP contribution in [0.2, 0.25) is 0 Å². The summed E-state index contributed by atoms with van der Waals surface area (Å²) in [5, 5.41) is 3.40. The Hall–Kier alpha value is -2.34. The lowest BCUT2D eigenvalue weighted by Crippen LogP contribution is -2.39. The fraction of sp³-hybridized carbons (Fsp3) is 0.263. The number of benzene rings is 2. The number of hydrogen-bond donors (Lipinski definition) is 2. The highest BCUT2D eigenvalue weighted by Gasteiger charge is 2.09. The van der Waals surface area contributed by atoms with E-state index in [2.05, 4.69) is 53.2 Å². The molecule has 2 aromatic carbocycles. The van der Waals surface area contributed by atoms with Gasteiger partial charge in [-0.3, -0.25) is 4.99 Å². The molecule has 25 heavy (non-hydrogen) atoms. The highest BCUT2D eigenvalue weighted by molar-refractivity contribution is 9.10. The minimum Gasteiger partial charge on any atom is -0.356 e. The summed E-state index contributed by atoms with van der Waals surface area (Å²) in [5.41, 5.74) is 3.31. The first-order chi connectivity index (χ1) is 12.2. The van der Waals surface area contributed by atoms with Crippen molar-refractivity contribution in [2.75, 3.05) is 20.6 Å². The third-order valence-corrected chi connectivity index (χ3v) is 4.80. The normalized spacial score (nSPS) is 11.7. The summed E-state index contributed by atoms with van der Waals surface area (Å²) in [5.74, 6) is 1.85. The second-order valence-electron chi connectivity index (χ2n) is 5.87. The standard InChI is InChI=1S/C19H22BrN5/c1-21-19(25(2)13-14-7-3-4-8-15(14)20)22-12-11-18-23-16-9-5-6-10-17(16)24-18/h3-10H,11-13H2,1-2H3,(H,21,22)(H,23,24). The molecule has 3 aromatic rings. The minimum atomic E-state index is 0.771. The van der Waals surface area contributed by atoms with Gasteiger partial charge in [-0.2, -0.15) is 0 Å². The van der Waals surface area contributed by atoms with Crippen LogP contribution in [0.15, 0.2) is 58.0 Å². The summed E-state index contributed by atoms with van der Waals surface area (Å²) in [6.07, 6.45) is 0.816. The Morgan fingerprint density at radius 2 is 1.96 bits per heavy atom. The maximum absolute atomic E-state index is 4.60. The zero-order valence-corrected chi connectivity index (χ0v) is 16.0. The van der Waals surface area contributed by atoms with Crippen LogP contribution in [0.3, 0.4) is 0 Å². The van der Waals surface area contributed by atoms with E-state index in [-0.39, 0.29) is 0 Å². The Labute approximate surface area is 156 Å². The third-order valence-electron chi connectivity index (χ3n) is 4.02. The van der Waals surface area contributed by atoms with Gasteiger partial charge in [-0.25, -0.2) is 4.98 Å². The van der Waals surface area contributed by atoms with E-state index in [9.17, 15) is 0 Å². The Morgan fingerprint density at radius 3 is 2.72 bits per heavy atom. The van der Waals surface area contributed by atoms with Crippen molar-refractivity contribution in [3.8, 4) is 0 Å². The Balaban J connectivity index is 1.56. The zero-order valence-electron chi connectivity index (χ0n) is 14.5. The second-order valence-corrected chi connectivity index (χ2v) is 6.73. The molecular formula is C19H22BrN5. The maximum atomic E-state index is 4.60. The van der Waals surface area contributed by atoms with Gasteiger partial charge in [-0.05, 0) is 23.8 Å². The largest absolute Gasteiger partial charge is 0.356 e. The summed E-state index contributed by atoms with van der Waals surface area (Å²) in [7, 11) is 3.84. The lowest BCUT2D eigenvalue weighted by Gasteiger charge is -2.22. The van der Waals surface area contributed by atoms with Gasteiger partial charge in [0.05, 0.1) is 11.0 Å². The maximum Gasteiger partial charge on any atom is 0.193 e. The van der Waals surface area contributed by atoms with E-state index in [0.29, 0.717) is 0 Å². The molecule has 0 aliphatic rings. The molecule has 0 atom stereocenters. The quantitative estimate of drug-likeness (QED) is 0.509. The average Bonchev–Trinajstić information content (AvgIpc) is 3.03. The van der Waals surface area contributed by atoms with Crippen LogP contribution in [0.4, 0.5) is 0 Å². The van der Waals surface area contributed by atoms with Crippen molar-refractivity contribution < 1.29 is 0 Å². The van der Waals surface area contributed by atoms with Crippen LogP contribution in [0, 0.1) is 0 Å². The van der Waals surface area contributed by atoms with Crippen LogP contribution in [-0.2, 0) is 13.0 Å². The number of para-hydroxylation sites is 2. The second kappa shape index (κ2) is 8.16. The van der Waals surface area contributed by atoms with Crippen LogP contribution in [0.1, 0.15) is 11.4 Å². The predicted octanol–water partition coefficient (Wildman–Crippen LogP) is 3.58. The molecule has 0 aliphatic heterocycles. The van der Waals surface area contributed by atoms with E-state index in [1.54, 1.807) is 7.05 Å². The van der Waals surface area contributed by atoms with E-state index in [0.717, 1.165) is 46.8 Å². The van der Waals surface area contributed by atoms with E-state index in [1.165, 1.54) is 5.56 Å². The summed E-state index contributed by atoms with van der Waals surface area (Å²) >= 11 is 3.60. The Kier molecular flexibility index (Phi) is 5.71. The SMILES string of the molecule is CN=C(NCCc1nc2ccccc2[nH]1)N(C)Cc1ccccc1Br. The van der Waals surface area contributed by atoms with Crippen molar-refractivity contribution in [2.24, 2.45) is 4.99 Å². The van der Waals surface area contributed by atoms with E-state index >= 15 is 0 Å². The van der Waals surface area contributed by atoms with Gasteiger partial charge in [-0.15, -0.1) is 0 Å². The average molecular weight is 400 g/mol. The first kappa shape index (κ1) is 17.5. The molecular weight excluding hydrogens is 378 g/mol. The van der Waals surface area contributed by atoms with Crippen LogP contribution in [0.25, 0.3) is 11.0 Å². The predicted molar refractivity (Wildman–Crippen MR) is 107 cm³/mol. The number of nitrogens with one attached hydrogen (secondary N) is 2. The number of guanidine groups is 1. The van der Waals surface area contributed by atoms with Crippen molar-refractivity contribution in [3.63, 3.8) is 0 Å². The molecule has 6 heteroatoms. The van der Waals surface area contributed by atoms with Crippen molar-refractivity contribution in [2.45, 2.75) is 13.0 Å². The number of aliphatic imine (C=N–C) groups is 1. The summed E-state index contributed by atoms with van der Waals surface area (Å²) in [4.78, 5) is 14.4. The smallest absolute Gasteiger partial charge is 0.193 e. The first-order valence-electron chi connectivity index (χ1n) is 8.26. The van der Waals surface area contributed by atoms with Crippen LogP contribution >= 0.6 is 15.9 Å². The highest BCUT2D eigenvalue weighted by atomic mass is 79.9. The first-order valence-corrected chi connectivity index (χ1v) is 9.05. The van der Waals surface area contributed by atoms with Gasteiger partial charge < -0.3 is 15.2 Å². The molecule has 0 radical (unpaired) electrons. The van der Waals surface area contributed by atoms with Crippen molar-refractivity contribution in [3.05, 3.63) is 64.4 Å². The molecule has 0 saturated heterocycles. The fourth-order valence-corrected chi connectivity index (χ4v) is 3.17. The van der Waals surface area contributed by atoms with Gasteiger partial charge in [0, 0.05) is 38.1 Å². The number of fused-ring (bicyclic) bond motifs is 1. The van der Waals surface area contributed by atoms with Crippen LogP contribution in [0.5, 0.6) is 0 Å². The number of aromatic amines is 1. The number of nitrogens with zero attached hydrogens (tertiary/aromatic N) is 3. The van der Waals surface area contributed by atoms with Gasteiger partial charge in [0.2, 0.25) is 0 Å². The zero-order chi connectivity index (χ0) is 17.6. The topological polar surface area (TPSA) is 56.3 Å². The van der Waals surface area contributed by atoms with Crippen LogP contribution in [-0.4, -0.2) is 41.5 Å². The number of aromatic nitrogens is 2. The van der Waals surface area contributed by atoms with Gasteiger partial charge in [0.15, 0.2) is 5.96 Å². The molecule has 0 unspecified atom stereocenters. The summed E-state index contributed by atoms with van der Waals surface area (Å²) in [6, 6.07) is 16.3. The van der Waals surface area contributed by atoms with Crippen molar-refractivity contribution >= 4 is 32.9 Å². The molecule has 130 valence electrons. The van der Waals surface area contributed by atoms with Gasteiger partial charge in [-0.1, -0.05) is 46.3 Å². The fourth-order valence-electron chi connectivity index (χ4n) is 2.76. The molecule has 5 nitrogen and oxygen atoms in total. The molecule has 1 aromatic heterocycles. The summed E-state index contributed by atoms with van der Waals surface area (Å²) < 4.78 is 1.11. The van der Waals surface area contributed by atoms with E-state index in [4.69, 9.17) is 0 Å². The molecule has 0 aliphatic carbocycles. The number of H-pyrrole nitrogens is 1. The molecule has 0 amide bonds. The lowest BCUT2D eigenvalue weighted by atomic mass is 10.2. The lowest BCUT2D eigenvalue weighted by molar-refractivity contribution is 0.476. The molecule has 0 saturated carbocycles. The van der Waals surface area contributed by atoms with Crippen LogP contribution < -0.4 is 5.32 Å². The Morgan fingerprint density at radius 1 is 1.20 bits per heavy atom. The van der Waals surface area contributed by atoms with Crippen molar-refractivity contribution in [1.29, 1.82) is 0 Å². The summed E-state index contributed by atoms with van der Waals surface area (Å²) in [6.45, 7) is 1.55. The van der Waals surface area contributed by atoms with Crippen molar-refractivity contribution in [1.82, 2.24) is 20.2 Å². The third kappa shape index (κ3) is 4.39. The number of halogens is 1. The molecule has 3 rings (SSSR count). The Bertz CT molecular complexity index is 838. The van der Waals surface area contributed by atoms with E-state index < -0.39 is 0 Å². The number of rotatable bonds is 5. The van der Waals surface area contributed by atoms with E-state index in [1.807, 2.05) is 43.4 Å². The number of imidazole rings is 1. The molecule has 2 N–H and O–H groups in total. The minimum absolute atomic E-state index is 0.771. The highest BCUT2D eigenvalue weighted by Crippen LogP contribution is 2.17.